The monoisotopic (exact) mass is 308 g/mol. The molecular formula is C10H10FIO2. The van der Waals surface area contributed by atoms with Gasteiger partial charge in [-0.15, -0.1) is 0 Å². The van der Waals surface area contributed by atoms with E-state index >= 15 is 0 Å². The van der Waals surface area contributed by atoms with Crippen molar-refractivity contribution in [3.8, 4) is 5.75 Å². The van der Waals surface area contributed by atoms with Crippen LogP contribution in [0.2, 0.25) is 0 Å². The number of halogens is 2. The van der Waals surface area contributed by atoms with Crippen molar-refractivity contribution in [2.24, 2.45) is 0 Å². The van der Waals surface area contributed by atoms with E-state index in [-0.39, 0.29) is 11.6 Å². The highest BCUT2D eigenvalue weighted by Crippen LogP contribution is 2.28. The number of ketones is 1. The maximum absolute atomic E-state index is 13.1. The van der Waals surface area contributed by atoms with E-state index in [1.54, 1.807) is 6.92 Å². The van der Waals surface area contributed by atoms with Crippen LogP contribution in [0, 0.1) is 9.39 Å². The highest BCUT2D eigenvalue weighted by molar-refractivity contribution is 14.1. The molecule has 1 aromatic carbocycles. The van der Waals surface area contributed by atoms with E-state index < -0.39 is 0 Å². The van der Waals surface area contributed by atoms with E-state index in [4.69, 9.17) is 4.74 Å². The summed E-state index contributed by atoms with van der Waals surface area (Å²) in [5, 5.41) is 0. The van der Waals surface area contributed by atoms with Gasteiger partial charge >= 0.3 is 0 Å². The van der Waals surface area contributed by atoms with Crippen LogP contribution < -0.4 is 4.74 Å². The minimum atomic E-state index is -0.362. The fourth-order valence-electron chi connectivity index (χ4n) is 1.09. The summed E-state index contributed by atoms with van der Waals surface area (Å²) in [4.78, 5) is 11.2. The average Bonchev–Trinajstić information content (AvgIpc) is 2.13. The predicted molar refractivity (Wildman–Crippen MR) is 60.3 cm³/mol. The summed E-state index contributed by atoms with van der Waals surface area (Å²) >= 11 is 1.84. The molecule has 0 atom stereocenters. The van der Waals surface area contributed by atoms with Crippen molar-refractivity contribution in [1.82, 2.24) is 0 Å². The molecule has 0 aliphatic carbocycles. The minimum absolute atomic E-state index is 0.119. The normalized spacial score (nSPS) is 10.0. The van der Waals surface area contributed by atoms with Gasteiger partial charge in [-0.05, 0) is 48.6 Å². The van der Waals surface area contributed by atoms with Gasteiger partial charge in [0.15, 0.2) is 5.78 Å². The SMILES string of the molecule is CCOc1c(C(C)=O)ccc(F)c1I. The van der Waals surface area contributed by atoms with Gasteiger partial charge in [-0.2, -0.15) is 0 Å². The Morgan fingerprint density at radius 1 is 1.57 bits per heavy atom. The third-order valence-electron chi connectivity index (χ3n) is 1.72. The summed E-state index contributed by atoms with van der Waals surface area (Å²) in [7, 11) is 0. The molecule has 0 amide bonds. The lowest BCUT2D eigenvalue weighted by molar-refractivity contribution is 0.101. The molecule has 0 N–H and O–H groups in total. The molecule has 0 fully saturated rings. The Morgan fingerprint density at radius 2 is 2.21 bits per heavy atom. The highest BCUT2D eigenvalue weighted by Gasteiger charge is 2.15. The van der Waals surface area contributed by atoms with Gasteiger partial charge in [-0.3, -0.25) is 4.79 Å². The minimum Gasteiger partial charge on any atom is -0.492 e. The number of carbonyl (C=O) groups excluding carboxylic acids is 1. The lowest BCUT2D eigenvalue weighted by Crippen LogP contribution is -2.04. The highest BCUT2D eigenvalue weighted by atomic mass is 127. The van der Waals surface area contributed by atoms with E-state index in [0.717, 1.165) is 0 Å². The average molecular weight is 308 g/mol. The van der Waals surface area contributed by atoms with E-state index in [1.807, 2.05) is 22.6 Å². The molecule has 4 heteroatoms. The molecule has 0 heterocycles. The molecule has 14 heavy (non-hydrogen) atoms. The topological polar surface area (TPSA) is 26.3 Å². The Kier molecular flexibility index (Phi) is 3.86. The van der Waals surface area contributed by atoms with Crippen molar-refractivity contribution >= 4 is 28.4 Å². The van der Waals surface area contributed by atoms with Crippen LogP contribution in [-0.2, 0) is 0 Å². The lowest BCUT2D eigenvalue weighted by Gasteiger charge is -2.10. The van der Waals surface area contributed by atoms with Crippen LogP contribution in [0.3, 0.4) is 0 Å². The van der Waals surface area contributed by atoms with Crippen LogP contribution in [0.15, 0.2) is 12.1 Å². The molecule has 1 rings (SSSR count). The molecule has 1 aromatic rings. The second-order valence-corrected chi connectivity index (χ2v) is 3.81. The van der Waals surface area contributed by atoms with Crippen molar-refractivity contribution in [2.45, 2.75) is 13.8 Å². The first-order chi connectivity index (χ1) is 6.57. The third-order valence-corrected chi connectivity index (χ3v) is 2.72. The predicted octanol–water partition coefficient (Wildman–Crippen LogP) is 3.03. The van der Waals surface area contributed by atoms with Gasteiger partial charge in [0.1, 0.15) is 11.6 Å². The van der Waals surface area contributed by atoms with Crippen LogP contribution in [0.4, 0.5) is 4.39 Å². The zero-order valence-electron chi connectivity index (χ0n) is 7.93. The van der Waals surface area contributed by atoms with E-state index in [9.17, 15) is 9.18 Å². The van der Waals surface area contributed by atoms with Gasteiger partial charge in [0.25, 0.3) is 0 Å². The van der Waals surface area contributed by atoms with Crippen molar-refractivity contribution < 1.29 is 13.9 Å². The van der Waals surface area contributed by atoms with Crippen molar-refractivity contribution in [2.75, 3.05) is 6.61 Å². The summed E-state index contributed by atoms with van der Waals surface area (Å²) < 4.78 is 18.7. The number of hydrogen-bond acceptors (Lipinski definition) is 2. The van der Waals surface area contributed by atoms with Crippen LogP contribution in [0.5, 0.6) is 5.75 Å². The molecule has 0 bridgehead atoms. The summed E-state index contributed by atoms with van der Waals surface area (Å²) in [6.45, 7) is 3.65. The van der Waals surface area contributed by atoms with Gasteiger partial charge in [-0.1, -0.05) is 0 Å². The van der Waals surface area contributed by atoms with E-state index in [1.165, 1.54) is 19.1 Å². The first kappa shape index (κ1) is 11.4. The summed E-state index contributed by atoms with van der Waals surface area (Å²) in [5.41, 5.74) is 0.428. The molecule has 0 aromatic heterocycles. The molecule has 0 saturated carbocycles. The maximum atomic E-state index is 13.1. The van der Waals surface area contributed by atoms with Crippen molar-refractivity contribution in [3.63, 3.8) is 0 Å². The Hall–Kier alpha value is -0.650. The smallest absolute Gasteiger partial charge is 0.163 e. The number of rotatable bonds is 3. The first-order valence-corrected chi connectivity index (χ1v) is 5.27. The Bertz CT molecular complexity index is 363. The number of ether oxygens (including phenoxy) is 1. The third kappa shape index (κ3) is 2.23. The molecule has 0 spiro atoms. The lowest BCUT2D eigenvalue weighted by atomic mass is 10.1. The van der Waals surface area contributed by atoms with Crippen LogP contribution in [-0.4, -0.2) is 12.4 Å². The van der Waals surface area contributed by atoms with E-state index in [0.29, 0.717) is 21.5 Å². The Labute approximate surface area is 95.6 Å². The molecule has 0 aliphatic rings. The van der Waals surface area contributed by atoms with Crippen molar-refractivity contribution in [1.29, 1.82) is 0 Å². The standard InChI is InChI=1S/C10H10FIO2/c1-3-14-10-7(6(2)13)4-5-8(11)9(10)12/h4-5H,3H2,1-2H3. The number of carbonyl (C=O) groups is 1. The Morgan fingerprint density at radius 3 is 2.71 bits per heavy atom. The van der Waals surface area contributed by atoms with Gasteiger partial charge in [-0.25, -0.2) is 4.39 Å². The maximum Gasteiger partial charge on any atom is 0.163 e. The quantitative estimate of drug-likeness (QED) is 0.634. The number of benzene rings is 1. The molecule has 76 valence electrons. The zero-order chi connectivity index (χ0) is 10.7. The largest absolute Gasteiger partial charge is 0.492 e. The second kappa shape index (κ2) is 4.72. The summed E-state index contributed by atoms with van der Waals surface area (Å²) in [5.74, 6) is -0.133. The molecule has 0 unspecified atom stereocenters. The Balaban J connectivity index is 3.29. The fourth-order valence-corrected chi connectivity index (χ4v) is 1.72. The van der Waals surface area contributed by atoms with Gasteiger partial charge in [0.2, 0.25) is 0 Å². The fraction of sp³-hybridized carbons (Fsp3) is 0.300. The second-order valence-electron chi connectivity index (χ2n) is 2.73. The van der Waals surface area contributed by atoms with Gasteiger partial charge in [0, 0.05) is 0 Å². The zero-order valence-corrected chi connectivity index (χ0v) is 10.1. The van der Waals surface area contributed by atoms with E-state index in [2.05, 4.69) is 0 Å². The summed E-state index contributed by atoms with van der Waals surface area (Å²) in [6, 6.07) is 2.73. The number of Topliss-reactive ketones (excluding diaryl/α,β-unsaturated/α-hetero) is 1. The van der Waals surface area contributed by atoms with Gasteiger partial charge < -0.3 is 4.74 Å². The first-order valence-electron chi connectivity index (χ1n) is 4.19. The molecular weight excluding hydrogens is 298 g/mol. The van der Waals surface area contributed by atoms with Crippen molar-refractivity contribution in [3.05, 3.63) is 27.1 Å². The summed E-state index contributed by atoms with van der Waals surface area (Å²) in [6.07, 6.45) is 0. The van der Waals surface area contributed by atoms with Crippen LogP contribution in [0.1, 0.15) is 24.2 Å². The molecule has 0 saturated heterocycles. The van der Waals surface area contributed by atoms with Crippen LogP contribution in [0.25, 0.3) is 0 Å². The molecule has 2 nitrogen and oxygen atoms in total. The van der Waals surface area contributed by atoms with Crippen LogP contribution >= 0.6 is 22.6 Å². The molecule has 0 radical (unpaired) electrons. The van der Waals surface area contributed by atoms with Gasteiger partial charge in [0.05, 0.1) is 15.7 Å². The number of hydrogen-bond donors (Lipinski definition) is 0. The molecule has 0 aliphatic heterocycles.